The van der Waals surface area contributed by atoms with E-state index >= 15 is 0 Å². The van der Waals surface area contributed by atoms with Crippen molar-refractivity contribution in [2.75, 3.05) is 4.31 Å². The van der Waals surface area contributed by atoms with Gasteiger partial charge in [-0.1, -0.05) is 73.3 Å². The summed E-state index contributed by atoms with van der Waals surface area (Å²) in [6, 6.07) is 13.2. The summed E-state index contributed by atoms with van der Waals surface area (Å²) in [6.07, 6.45) is 1.33. The molecule has 1 N–H and O–H groups in total. The fraction of sp³-hybridized carbons (Fsp3) is 0.393. The van der Waals surface area contributed by atoms with Crippen LogP contribution in [0.15, 0.2) is 59.5 Å². The van der Waals surface area contributed by atoms with Crippen LogP contribution in [0.3, 0.4) is 0 Å². The number of aliphatic carboxylic acids is 1. The Hall–Kier alpha value is -2.30. The average molecular weight is 592 g/mol. The van der Waals surface area contributed by atoms with Crippen LogP contribution in [0.5, 0.6) is 0 Å². The Morgan fingerprint density at radius 3 is 2.10 bits per heavy atom. The molecule has 1 atom stereocenters. The van der Waals surface area contributed by atoms with Crippen molar-refractivity contribution in [1.82, 2.24) is 0 Å². The number of nitrogens with zero attached hydrogens (tertiary/aromatic N) is 1. The average Bonchev–Trinajstić information content (AvgIpc) is 3.06. The summed E-state index contributed by atoms with van der Waals surface area (Å²) in [4.78, 5) is 12.4. The summed E-state index contributed by atoms with van der Waals surface area (Å²) in [6.45, 7) is 9.75. The lowest BCUT2D eigenvalue weighted by Gasteiger charge is -2.32. The molecule has 1 aliphatic heterocycles. The second-order valence-corrected chi connectivity index (χ2v) is 13.4. The number of sulfonamides is 1. The van der Waals surface area contributed by atoms with E-state index in [0.717, 1.165) is 9.77 Å². The van der Waals surface area contributed by atoms with Gasteiger partial charge in [0, 0.05) is 15.4 Å². The van der Waals surface area contributed by atoms with Gasteiger partial charge in [-0.25, -0.2) is 13.2 Å². The SMILES string of the molecule is CCCCC(C(=O)O)N(c1cccc2c(B3OC(C)(C)C(C)(C)O3)cccc12)S(=O)(=O)c1cc(Cl)cc(Cl)c1. The van der Waals surface area contributed by atoms with Crippen LogP contribution < -0.4 is 9.77 Å². The van der Waals surface area contributed by atoms with E-state index in [-0.39, 0.29) is 27.0 Å². The maximum atomic E-state index is 14.2. The molecule has 0 amide bonds. The highest BCUT2D eigenvalue weighted by Gasteiger charge is 2.52. The summed E-state index contributed by atoms with van der Waals surface area (Å²) in [5, 5.41) is 11.8. The van der Waals surface area contributed by atoms with E-state index in [1.165, 1.54) is 18.2 Å². The monoisotopic (exact) mass is 591 g/mol. The molecule has 1 heterocycles. The molecule has 3 aromatic carbocycles. The van der Waals surface area contributed by atoms with Crippen molar-refractivity contribution in [2.45, 2.75) is 76.0 Å². The molecule has 0 aliphatic carbocycles. The number of unbranched alkanes of at least 4 members (excludes halogenated alkanes) is 1. The van der Waals surface area contributed by atoms with E-state index in [1.54, 1.807) is 24.3 Å². The smallest absolute Gasteiger partial charge is 0.480 e. The molecule has 0 bridgehead atoms. The zero-order chi connectivity index (χ0) is 28.8. The number of hydrogen-bond donors (Lipinski definition) is 1. The van der Waals surface area contributed by atoms with Crippen LogP contribution in [0.4, 0.5) is 5.69 Å². The molecule has 0 saturated carbocycles. The van der Waals surface area contributed by atoms with Gasteiger partial charge in [-0.05, 0) is 69.2 Å². The van der Waals surface area contributed by atoms with Gasteiger partial charge in [0.1, 0.15) is 6.04 Å². The number of carbonyl (C=O) groups is 1. The van der Waals surface area contributed by atoms with Gasteiger partial charge in [0.15, 0.2) is 0 Å². The standard InChI is InChI=1S/C28H32BCl2NO6S/c1-6-7-13-25(26(33)34)32(39(35,36)20-16-18(30)15-19(31)17-20)24-14-9-10-21-22(24)11-8-12-23(21)29-37-27(2,3)28(4,5)38-29/h8-12,14-17,25H,6-7,13H2,1-5H3,(H,33,34). The van der Waals surface area contributed by atoms with Crippen LogP contribution in [0.25, 0.3) is 10.8 Å². The molecule has 11 heteroatoms. The highest BCUT2D eigenvalue weighted by Crippen LogP contribution is 2.39. The molecule has 39 heavy (non-hydrogen) atoms. The highest BCUT2D eigenvalue weighted by atomic mass is 35.5. The van der Waals surface area contributed by atoms with E-state index in [2.05, 4.69) is 0 Å². The van der Waals surface area contributed by atoms with Crippen molar-refractivity contribution in [1.29, 1.82) is 0 Å². The van der Waals surface area contributed by atoms with Crippen LogP contribution >= 0.6 is 23.2 Å². The van der Waals surface area contributed by atoms with Gasteiger partial charge >= 0.3 is 13.1 Å². The number of hydrogen-bond acceptors (Lipinski definition) is 5. The quantitative estimate of drug-likeness (QED) is 0.294. The maximum Gasteiger partial charge on any atom is 0.495 e. The van der Waals surface area contributed by atoms with Gasteiger partial charge in [0.25, 0.3) is 10.0 Å². The molecule has 1 saturated heterocycles. The number of benzene rings is 3. The van der Waals surface area contributed by atoms with E-state index in [0.29, 0.717) is 23.6 Å². The summed E-state index contributed by atoms with van der Waals surface area (Å²) < 4.78 is 41.9. The zero-order valence-corrected chi connectivity index (χ0v) is 24.9. The van der Waals surface area contributed by atoms with Gasteiger partial charge in [-0.3, -0.25) is 4.31 Å². The third-order valence-corrected chi connectivity index (χ3v) is 9.71. The summed E-state index contributed by atoms with van der Waals surface area (Å²) in [5.74, 6) is -1.25. The fourth-order valence-electron chi connectivity index (χ4n) is 4.68. The Morgan fingerprint density at radius 1 is 0.974 bits per heavy atom. The largest absolute Gasteiger partial charge is 0.495 e. The molecule has 208 valence electrons. The molecule has 1 unspecified atom stereocenters. The Morgan fingerprint density at radius 2 is 1.54 bits per heavy atom. The Bertz CT molecular complexity index is 1470. The summed E-state index contributed by atoms with van der Waals surface area (Å²) in [7, 11) is -5.11. The minimum atomic E-state index is -4.41. The molecule has 4 rings (SSSR count). The number of carboxylic acid groups (broad SMARTS) is 1. The number of halogens is 2. The lowest BCUT2D eigenvalue weighted by atomic mass is 9.76. The zero-order valence-electron chi connectivity index (χ0n) is 22.6. The van der Waals surface area contributed by atoms with Gasteiger partial charge in [0.2, 0.25) is 0 Å². The predicted octanol–water partition coefficient (Wildman–Crippen LogP) is 6.28. The number of fused-ring (bicyclic) bond motifs is 1. The Balaban J connectivity index is 1.95. The first-order chi connectivity index (χ1) is 18.2. The van der Waals surface area contributed by atoms with Gasteiger partial charge in [-0.2, -0.15) is 0 Å². The fourth-order valence-corrected chi connectivity index (χ4v) is 7.06. The molecule has 1 fully saturated rings. The van der Waals surface area contributed by atoms with Crippen LogP contribution in [0, 0.1) is 0 Å². The lowest BCUT2D eigenvalue weighted by molar-refractivity contribution is -0.138. The summed E-state index contributed by atoms with van der Waals surface area (Å²) >= 11 is 12.3. The van der Waals surface area contributed by atoms with Crippen molar-refractivity contribution in [3.8, 4) is 0 Å². The van der Waals surface area contributed by atoms with Crippen molar-refractivity contribution in [2.24, 2.45) is 0 Å². The molecule has 7 nitrogen and oxygen atoms in total. The number of rotatable bonds is 9. The first kappa shape index (κ1) is 29.7. The maximum absolute atomic E-state index is 14.2. The molecule has 0 spiro atoms. The second-order valence-electron chi connectivity index (χ2n) is 10.7. The number of carboxylic acids is 1. The topological polar surface area (TPSA) is 93.1 Å². The van der Waals surface area contributed by atoms with Gasteiger partial charge in [-0.15, -0.1) is 0 Å². The van der Waals surface area contributed by atoms with Crippen molar-refractivity contribution in [3.05, 3.63) is 64.6 Å². The first-order valence-electron chi connectivity index (χ1n) is 12.8. The van der Waals surface area contributed by atoms with Crippen LogP contribution in [0.1, 0.15) is 53.9 Å². The van der Waals surface area contributed by atoms with E-state index in [9.17, 15) is 18.3 Å². The molecular weight excluding hydrogens is 560 g/mol. The van der Waals surface area contributed by atoms with E-state index in [4.69, 9.17) is 32.5 Å². The molecule has 0 radical (unpaired) electrons. The normalized spacial score (nSPS) is 17.4. The van der Waals surface area contributed by atoms with Gasteiger partial charge in [0.05, 0.1) is 21.8 Å². The third kappa shape index (κ3) is 5.65. The molecular formula is C28H32BCl2NO6S. The van der Waals surface area contributed by atoms with Crippen molar-refractivity contribution in [3.63, 3.8) is 0 Å². The predicted molar refractivity (Wildman–Crippen MR) is 157 cm³/mol. The van der Waals surface area contributed by atoms with Crippen LogP contribution in [0.2, 0.25) is 10.0 Å². The van der Waals surface area contributed by atoms with E-state index < -0.39 is 40.4 Å². The molecule has 0 aromatic heterocycles. The van der Waals surface area contributed by atoms with E-state index in [1.807, 2.05) is 46.8 Å². The third-order valence-electron chi connectivity index (χ3n) is 7.47. The second kappa shape index (κ2) is 10.9. The molecule has 3 aromatic rings. The van der Waals surface area contributed by atoms with Crippen LogP contribution in [-0.2, 0) is 24.1 Å². The van der Waals surface area contributed by atoms with Crippen molar-refractivity contribution < 1.29 is 27.6 Å². The lowest BCUT2D eigenvalue weighted by Crippen LogP contribution is -2.45. The Kier molecular flexibility index (Phi) is 8.32. The van der Waals surface area contributed by atoms with Crippen molar-refractivity contribution >= 4 is 68.2 Å². The highest BCUT2D eigenvalue weighted by molar-refractivity contribution is 7.93. The first-order valence-corrected chi connectivity index (χ1v) is 15.0. The minimum Gasteiger partial charge on any atom is -0.480 e. The Labute approximate surface area is 240 Å². The number of anilines is 1. The minimum absolute atomic E-state index is 0.118. The van der Waals surface area contributed by atoms with Crippen LogP contribution in [-0.4, -0.2) is 43.9 Å². The molecule has 1 aliphatic rings. The summed E-state index contributed by atoms with van der Waals surface area (Å²) in [5.41, 5.74) is -0.206. The van der Waals surface area contributed by atoms with Gasteiger partial charge < -0.3 is 14.4 Å².